The average Bonchev–Trinajstić information content (AvgIpc) is 2.53. The summed E-state index contributed by atoms with van der Waals surface area (Å²) in [6.45, 7) is 0. The van der Waals surface area contributed by atoms with E-state index in [0.717, 1.165) is 6.42 Å². The molecule has 0 bridgehead atoms. The number of benzene rings is 1. The maximum Gasteiger partial charge on any atom is 0.319 e. The monoisotopic (exact) mass is 302 g/mol. The second-order valence-corrected chi connectivity index (χ2v) is 5.18. The first-order valence-electron chi connectivity index (χ1n) is 6.86. The highest BCUT2D eigenvalue weighted by atomic mass is 16.6. The Morgan fingerprint density at radius 3 is 2.91 bits per heavy atom. The topological polar surface area (TPSA) is 117 Å². The first-order chi connectivity index (χ1) is 10.6. The highest BCUT2D eigenvalue weighted by molar-refractivity contribution is 6.04. The molecular weight excluding hydrogens is 288 g/mol. The van der Waals surface area contributed by atoms with Crippen molar-refractivity contribution in [1.82, 2.24) is 10.6 Å². The molecule has 3 N–H and O–H groups in total. The number of hydrogen-bond acceptors (Lipinski definition) is 5. The van der Waals surface area contributed by atoms with Crippen molar-refractivity contribution in [3.63, 3.8) is 0 Å². The lowest BCUT2D eigenvalue weighted by Gasteiger charge is -2.33. The summed E-state index contributed by atoms with van der Waals surface area (Å²) in [4.78, 5) is 22.3. The van der Waals surface area contributed by atoms with Gasteiger partial charge in [-0.1, -0.05) is 17.3 Å². The Kier molecular flexibility index (Phi) is 3.50. The summed E-state index contributed by atoms with van der Waals surface area (Å²) < 4.78 is 0. The molecule has 2 amide bonds. The molecule has 1 aromatic rings. The van der Waals surface area contributed by atoms with Crippen LogP contribution in [0.2, 0.25) is 0 Å². The van der Waals surface area contributed by atoms with Crippen LogP contribution in [0, 0.1) is 10.1 Å². The standard InChI is InChI=1S/C14H14N4O4/c19-14-15-10-5-2-6-11(17-20)12(10)13(16-14)8-3-1-4-9(7-8)18(21)22/h1,3-4,7,13,20H,2,5-6H2,(H2,15,16,19). The predicted octanol–water partition coefficient (Wildman–Crippen LogP) is 2.22. The number of carbonyl (C=O) groups is 1. The molecule has 0 fully saturated rings. The summed E-state index contributed by atoms with van der Waals surface area (Å²) in [5, 5.41) is 28.9. The van der Waals surface area contributed by atoms with Gasteiger partial charge in [0.1, 0.15) is 0 Å². The minimum atomic E-state index is -0.560. The van der Waals surface area contributed by atoms with E-state index in [4.69, 9.17) is 0 Å². The van der Waals surface area contributed by atoms with E-state index in [1.54, 1.807) is 12.1 Å². The maximum absolute atomic E-state index is 11.8. The zero-order valence-corrected chi connectivity index (χ0v) is 11.6. The van der Waals surface area contributed by atoms with E-state index >= 15 is 0 Å². The molecule has 114 valence electrons. The molecule has 0 aromatic heterocycles. The van der Waals surface area contributed by atoms with Gasteiger partial charge in [-0.05, 0) is 24.8 Å². The third kappa shape index (κ3) is 2.39. The number of amides is 2. The van der Waals surface area contributed by atoms with Crippen LogP contribution in [0.1, 0.15) is 30.9 Å². The van der Waals surface area contributed by atoms with Crippen LogP contribution in [-0.4, -0.2) is 21.9 Å². The molecule has 0 radical (unpaired) electrons. The predicted molar refractivity (Wildman–Crippen MR) is 77.6 cm³/mol. The van der Waals surface area contributed by atoms with Gasteiger partial charge in [0, 0.05) is 23.4 Å². The van der Waals surface area contributed by atoms with Crippen molar-refractivity contribution in [2.24, 2.45) is 5.16 Å². The molecule has 0 saturated heterocycles. The highest BCUT2D eigenvalue weighted by Crippen LogP contribution is 2.34. The second kappa shape index (κ2) is 5.47. The van der Waals surface area contributed by atoms with Crippen LogP contribution in [0.4, 0.5) is 10.5 Å². The molecule has 8 heteroatoms. The van der Waals surface area contributed by atoms with Crippen LogP contribution in [0.25, 0.3) is 0 Å². The van der Waals surface area contributed by atoms with Gasteiger partial charge in [-0.2, -0.15) is 0 Å². The van der Waals surface area contributed by atoms with E-state index in [1.165, 1.54) is 12.1 Å². The van der Waals surface area contributed by atoms with E-state index < -0.39 is 11.0 Å². The second-order valence-electron chi connectivity index (χ2n) is 5.18. The van der Waals surface area contributed by atoms with E-state index in [2.05, 4.69) is 15.8 Å². The summed E-state index contributed by atoms with van der Waals surface area (Å²) in [5.74, 6) is 0. The Balaban J connectivity index is 2.09. The normalized spacial score (nSPS) is 22.8. The molecule has 0 saturated carbocycles. The highest BCUT2D eigenvalue weighted by Gasteiger charge is 2.34. The number of nitrogens with zero attached hydrogens (tertiary/aromatic N) is 2. The maximum atomic E-state index is 11.8. The van der Waals surface area contributed by atoms with Crippen molar-refractivity contribution < 1.29 is 14.9 Å². The van der Waals surface area contributed by atoms with Crippen molar-refractivity contribution in [3.05, 3.63) is 51.2 Å². The Morgan fingerprint density at radius 1 is 1.36 bits per heavy atom. The number of rotatable bonds is 2. The molecule has 0 spiro atoms. The van der Waals surface area contributed by atoms with Crippen molar-refractivity contribution in [3.8, 4) is 0 Å². The van der Waals surface area contributed by atoms with E-state index in [-0.39, 0.29) is 11.7 Å². The van der Waals surface area contributed by atoms with Gasteiger partial charge >= 0.3 is 6.03 Å². The summed E-state index contributed by atoms with van der Waals surface area (Å²) >= 11 is 0. The Morgan fingerprint density at radius 2 is 2.18 bits per heavy atom. The molecule has 1 atom stereocenters. The Hall–Kier alpha value is -2.90. The lowest BCUT2D eigenvalue weighted by molar-refractivity contribution is -0.384. The molecule has 1 unspecified atom stereocenters. The number of oxime groups is 1. The van der Waals surface area contributed by atoms with Crippen LogP contribution in [0.5, 0.6) is 0 Å². The zero-order chi connectivity index (χ0) is 15.7. The van der Waals surface area contributed by atoms with E-state index in [9.17, 15) is 20.1 Å². The van der Waals surface area contributed by atoms with Crippen molar-refractivity contribution in [2.45, 2.75) is 25.3 Å². The van der Waals surface area contributed by atoms with Crippen LogP contribution >= 0.6 is 0 Å². The van der Waals surface area contributed by atoms with Crippen LogP contribution < -0.4 is 10.6 Å². The molecule has 1 aliphatic heterocycles. The largest absolute Gasteiger partial charge is 0.411 e. The third-order valence-corrected chi connectivity index (χ3v) is 3.84. The fourth-order valence-electron chi connectivity index (χ4n) is 2.89. The van der Waals surface area contributed by atoms with Crippen molar-refractivity contribution in [1.29, 1.82) is 0 Å². The number of nitrogens with one attached hydrogen (secondary N) is 2. The van der Waals surface area contributed by atoms with Crippen molar-refractivity contribution in [2.75, 3.05) is 0 Å². The van der Waals surface area contributed by atoms with E-state index in [1.807, 2.05) is 0 Å². The number of allylic oxidation sites excluding steroid dienone is 1. The Labute approximate surface area is 125 Å². The smallest absolute Gasteiger partial charge is 0.319 e. The molecule has 8 nitrogen and oxygen atoms in total. The number of carbonyl (C=O) groups excluding carboxylic acids is 1. The van der Waals surface area contributed by atoms with Gasteiger partial charge in [-0.15, -0.1) is 0 Å². The minimum absolute atomic E-state index is 0.0503. The van der Waals surface area contributed by atoms with Crippen LogP contribution in [0.3, 0.4) is 0 Å². The zero-order valence-electron chi connectivity index (χ0n) is 11.6. The number of urea groups is 1. The number of nitro groups is 1. The molecule has 1 aromatic carbocycles. The molecule has 1 aliphatic carbocycles. The fraction of sp³-hybridized carbons (Fsp3) is 0.286. The van der Waals surface area contributed by atoms with Crippen LogP contribution in [-0.2, 0) is 0 Å². The quantitative estimate of drug-likeness (QED) is 0.441. The Bertz CT molecular complexity index is 711. The summed E-state index contributed by atoms with van der Waals surface area (Å²) in [6, 6.07) is 5.16. The first kappa shape index (κ1) is 14.1. The number of nitro benzene ring substituents is 1. The minimum Gasteiger partial charge on any atom is -0.411 e. The summed E-state index contributed by atoms with van der Waals surface area (Å²) in [7, 11) is 0. The van der Waals surface area contributed by atoms with Gasteiger partial charge in [0.05, 0.1) is 16.7 Å². The third-order valence-electron chi connectivity index (χ3n) is 3.84. The molecule has 3 rings (SSSR count). The summed E-state index contributed by atoms with van der Waals surface area (Å²) in [5.41, 5.74) is 2.42. The molecule has 22 heavy (non-hydrogen) atoms. The van der Waals surface area contributed by atoms with Gasteiger partial charge in [0.25, 0.3) is 5.69 Å². The number of hydrogen-bond donors (Lipinski definition) is 3. The lowest BCUT2D eigenvalue weighted by atomic mass is 9.85. The SMILES string of the molecule is O=C1NC2=C(C(=NO)CCC2)C(c2cccc([N+](=O)[O-])c2)N1. The lowest BCUT2D eigenvalue weighted by Crippen LogP contribution is -2.46. The molecule has 1 heterocycles. The van der Waals surface area contributed by atoms with E-state index in [0.29, 0.717) is 35.4 Å². The van der Waals surface area contributed by atoms with Gasteiger partial charge < -0.3 is 15.8 Å². The first-order valence-corrected chi connectivity index (χ1v) is 6.86. The van der Waals surface area contributed by atoms with Gasteiger partial charge in [0.15, 0.2) is 0 Å². The van der Waals surface area contributed by atoms with Gasteiger partial charge in [0.2, 0.25) is 0 Å². The van der Waals surface area contributed by atoms with Gasteiger partial charge in [-0.3, -0.25) is 10.1 Å². The molecule has 2 aliphatic rings. The molecular formula is C14H14N4O4. The van der Waals surface area contributed by atoms with Gasteiger partial charge in [-0.25, -0.2) is 4.79 Å². The number of non-ortho nitro benzene ring substituents is 1. The average molecular weight is 302 g/mol. The van der Waals surface area contributed by atoms with Crippen molar-refractivity contribution >= 4 is 17.4 Å². The summed E-state index contributed by atoms with van der Waals surface area (Å²) in [6.07, 6.45) is 2.05. The fourth-order valence-corrected chi connectivity index (χ4v) is 2.89. The van der Waals surface area contributed by atoms with Crippen LogP contribution in [0.15, 0.2) is 40.7 Å².